The fourth-order valence-electron chi connectivity index (χ4n) is 1.47. The second-order valence-electron chi connectivity index (χ2n) is 3.66. The van der Waals surface area contributed by atoms with Gasteiger partial charge in [-0.3, -0.25) is 4.79 Å². The van der Waals surface area contributed by atoms with Gasteiger partial charge in [0.2, 0.25) is 0 Å². The van der Waals surface area contributed by atoms with Crippen molar-refractivity contribution < 1.29 is 9.18 Å². The van der Waals surface area contributed by atoms with Crippen LogP contribution in [0.25, 0.3) is 0 Å². The maximum atomic E-state index is 13.7. The Morgan fingerprint density at radius 1 is 1.11 bits per heavy atom. The molecule has 19 heavy (non-hydrogen) atoms. The van der Waals surface area contributed by atoms with E-state index in [0.717, 1.165) is 0 Å². The van der Waals surface area contributed by atoms with Gasteiger partial charge in [-0.15, -0.1) is 0 Å². The first kappa shape index (κ1) is 14.3. The summed E-state index contributed by atoms with van der Waals surface area (Å²) in [5.41, 5.74) is 0.330. The van der Waals surface area contributed by atoms with E-state index in [-0.39, 0.29) is 10.6 Å². The van der Waals surface area contributed by atoms with Gasteiger partial charge in [-0.2, -0.15) is 0 Å². The maximum Gasteiger partial charge on any atom is 0.258 e. The van der Waals surface area contributed by atoms with E-state index in [1.165, 1.54) is 18.2 Å². The van der Waals surface area contributed by atoms with Crippen LogP contribution in [0.2, 0.25) is 10.0 Å². The standard InChI is InChI=1S/C13H7BrCl2FNO/c14-11-8(15)4-2-6-10(11)18-13(19)7-3-1-5-9(16)12(7)17/h1-6H,(H,18,19). The molecule has 0 bridgehead atoms. The van der Waals surface area contributed by atoms with Crippen LogP contribution in [-0.2, 0) is 0 Å². The Balaban J connectivity index is 2.31. The van der Waals surface area contributed by atoms with Crippen LogP contribution >= 0.6 is 39.1 Å². The highest BCUT2D eigenvalue weighted by molar-refractivity contribution is 9.10. The van der Waals surface area contributed by atoms with Crippen molar-refractivity contribution in [3.05, 3.63) is 62.3 Å². The first-order valence-corrected chi connectivity index (χ1v) is 6.75. The number of hydrogen-bond acceptors (Lipinski definition) is 1. The van der Waals surface area contributed by atoms with Gasteiger partial charge >= 0.3 is 0 Å². The Morgan fingerprint density at radius 2 is 1.74 bits per heavy atom. The molecule has 6 heteroatoms. The summed E-state index contributed by atoms with van der Waals surface area (Å²) in [6, 6.07) is 9.24. The minimum atomic E-state index is -0.750. The van der Waals surface area contributed by atoms with Crippen LogP contribution in [0.3, 0.4) is 0 Å². The van der Waals surface area contributed by atoms with Crippen LogP contribution in [0.5, 0.6) is 0 Å². The van der Waals surface area contributed by atoms with Gasteiger partial charge in [-0.25, -0.2) is 4.39 Å². The lowest BCUT2D eigenvalue weighted by Crippen LogP contribution is -2.14. The summed E-state index contributed by atoms with van der Waals surface area (Å²) in [7, 11) is 0. The smallest absolute Gasteiger partial charge is 0.258 e. The van der Waals surface area contributed by atoms with Crippen molar-refractivity contribution in [1.29, 1.82) is 0 Å². The molecule has 0 unspecified atom stereocenters. The fourth-order valence-corrected chi connectivity index (χ4v) is 2.18. The van der Waals surface area contributed by atoms with Gasteiger partial charge in [-0.05, 0) is 40.2 Å². The molecule has 2 aromatic carbocycles. The third-order valence-corrected chi connectivity index (χ3v) is 4.09. The van der Waals surface area contributed by atoms with Crippen LogP contribution in [0.15, 0.2) is 40.9 Å². The molecule has 0 spiro atoms. The summed E-state index contributed by atoms with van der Waals surface area (Å²) in [5, 5.41) is 2.92. The molecule has 0 aliphatic heterocycles. The normalized spacial score (nSPS) is 10.3. The molecule has 0 atom stereocenters. The number of benzene rings is 2. The summed E-state index contributed by atoms with van der Waals surface area (Å²) in [4.78, 5) is 12.0. The quantitative estimate of drug-likeness (QED) is 0.786. The molecule has 2 aromatic rings. The average molecular weight is 363 g/mol. The molecule has 0 fully saturated rings. The molecule has 0 aliphatic rings. The number of carbonyl (C=O) groups excluding carboxylic acids is 1. The number of carbonyl (C=O) groups is 1. The summed E-state index contributed by atoms with van der Waals surface area (Å²) in [6.07, 6.45) is 0. The SMILES string of the molecule is O=C(Nc1cccc(Cl)c1Br)c1cccc(Cl)c1F. The highest BCUT2D eigenvalue weighted by Gasteiger charge is 2.15. The predicted octanol–water partition coefficient (Wildman–Crippen LogP) is 5.15. The molecule has 0 saturated heterocycles. The molecule has 0 aliphatic carbocycles. The molecule has 0 saturated carbocycles. The Kier molecular flexibility index (Phi) is 4.45. The maximum absolute atomic E-state index is 13.7. The molecule has 0 heterocycles. The van der Waals surface area contributed by atoms with Gasteiger partial charge < -0.3 is 5.32 Å². The van der Waals surface area contributed by atoms with E-state index in [0.29, 0.717) is 15.2 Å². The lowest BCUT2D eigenvalue weighted by Gasteiger charge is -2.09. The number of amides is 1. The lowest BCUT2D eigenvalue weighted by atomic mass is 10.2. The van der Waals surface area contributed by atoms with Gasteiger partial charge in [-0.1, -0.05) is 35.3 Å². The van der Waals surface area contributed by atoms with Crippen molar-refractivity contribution in [2.45, 2.75) is 0 Å². The third kappa shape index (κ3) is 3.08. The van der Waals surface area contributed by atoms with Gasteiger partial charge in [0.25, 0.3) is 5.91 Å². The first-order chi connectivity index (χ1) is 9.00. The number of rotatable bonds is 2. The molecule has 1 amide bonds. The van der Waals surface area contributed by atoms with Crippen LogP contribution in [0.1, 0.15) is 10.4 Å². The predicted molar refractivity (Wildman–Crippen MR) is 78.5 cm³/mol. The van der Waals surface area contributed by atoms with Crippen LogP contribution in [-0.4, -0.2) is 5.91 Å². The van der Waals surface area contributed by atoms with Gasteiger partial charge in [0.05, 0.1) is 25.8 Å². The summed E-state index contributed by atoms with van der Waals surface area (Å²) in [6.45, 7) is 0. The molecule has 1 N–H and O–H groups in total. The Morgan fingerprint density at radius 3 is 2.47 bits per heavy atom. The topological polar surface area (TPSA) is 29.1 Å². The summed E-state index contributed by atoms with van der Waals surface area (Å²) >= 11 is 14.8. The van der Waals surface area contributed by atoms with E-state index < -0.39 is 11.7 Å². The molecule has 0 radical (unpaired) electrons. The molecular formula is C13H7BrCl2FNO. The van der Waals surface area contributed by atoms with Crippen LogP contribution in [0, 0.1) is 5.82 Å². The third-order valence-electron chi connectivity index (χ3n) is 2.40. The highest BCUT2D eigenvalue weighted by atomic mass is 79.9. The van der Waals surface area contributed by atoms with E-state index in [4.69, 9.17) is 23.2 Å². The summed E-state index contributed by atoms with van der Waals surface area (Å²) in [5.74, 6) is -1.34. The minimum absolute atomic E-state index is 0.0993. The number of nitrogens with one attached hydrogen (secondary N) is 1. The molecule has 0 aromatic heterocycles. The zero-order chi connectivity index (χ0) is 14.0. The first-order valence-electron chi connectivity index (χ1n) is 5.20. The average Bonchev–Trinajstić information content (AvgIpc) is 2.38. The zero-order valence-electron chi connectivity index (χ0n) is 9.38. The second-order valence-corrected chi connectivity index (χ2v) is 5.26. The van der Waals surface area contributed by atoms with Crippen molar-refractivity contribution >= 4 is 50.7 Å². The largest absolute Gasteiger partial charge is 0.321 e. The molecule has 98 valence electrons. The molecule has 2 nitrogen and oxygen atoms in total. The summed E-state index contributed by atoms with van der Waals surface area (Å²) < 4.78 is 14.2. The molecular weight excluding hydrogens is 356 g/mol. The van der Waals surface area contributed by atoms with Gasteiger partial charge in [0.1, 0.15) is 0 Å². The number of halogens is 4. The minimum Gasteiger partial charge on any atom is -0.321 e. The van der Waals surface area contributed by atoms with Crippen LogP contribution in [0.4, 0.5) is 10.1 Å². The monoisotopic (exact) mass is 361 g/mol. The van der Waals surface area contributed by atoms with E-state index >= 15 is 0 Å². The van der Waals surface area contributed by atoms with Gasteiger partial charge in [0.15, 0.2) is 5.82 Å². The Labute approximate surface area is 127 Å². The molecule has 2 rings (SSSR count). The van der Waals surface area contributed by atoms with Crippen molar-refractivity contribution in [3.8, 4) is 0 Å². The van der Waals surface area contributed by atoms with E-state index in [9.17, 15) is 9.18 Å². The Hall–Kier alpha value is -1.10. The van der Waals surface area contributed by atoms with Gasteiger partial charge in [0, 0.05) is 0 Å². The van der Waals surface area contributed by atoms with E-state index in [1.54, 1.807) is 18.2 Å². The van der Waals surface area contributed by atoms with Crippen molar-refractivity contribution in [3.63, 3.8) is 0 Å². The van der Waals surface area contributed by atoms with E-state index in [2.05, 4.69) is 21.2 Å². The number of anilines is 1. The Bertz CT molecular complexity index is 649. The van der Waals surface area contributed by atoms with Crippen molar-refractivity contribution in [2.75, 3.05) is 5.32 Å². The zero-order valence-corrected chi connectivity index (χ0v) is 12.5. The second kappa shape index (κ2) is 5.90. The van der Waals surface area contributed by atoms with E-state index in [1.807, 2.05) is 0 Å². The highest BCUT2D eigenvalue weighted by Crippen LogP contribution is 2.30. The van der Waals surface area contributed by atoms with Crippen molar-refractivity contribution in [1.82, 2.24) is 0 Å². The fraction of sp³-hybridized carbons (Fsp3) is 0. The van der Waals surface area contributed by atoms with Crippen molar-refractivity contribution in [2.24, 2.45) is 0 Å². The lowest BCUT2D eigenvalue weighted by molar-refractivity contribution is 0.102. The number of hydrogen-bond donors (Lipinski definition) is 1. The van der Waals surface area contributed by atoms with Crippen LogP contribution < -0.4 is 5.32 Å².